The van der Waals surface area contributed by atoms with Gasteiger partial charge in [0.15, 0.2) is 15.8 Å². The van der Waals surface area contributed by atoms with E-state index in [9.17, 15) is 22.8 Å². The lowest BCUT2D eigenvalue weighted by Crippen LogP contribution is -2.27. The highest BCUT2D eigenvalue weighted by Crippen LogP contribution is 2.39. The van der Waals surface area contributed by atoms with Crippen LogP contribution in [0.2, 0.25) is 0 Å². The van der Waals surface area contributed by atoms with Gasteiger partial charge in [-0.25, -0.2) is 4.79 Å². The van der Waals surface area contributed by atoms with Gasteiger partial charge in [0.2, 0.25) is 5.76 Å². The standard InChI is InChI=1S/C23H14F3NO5S2/c1-30-18-10-13(7-8-16(18)32-21(29)17-6-3-9-31-17)11-19-20(28)27(22(33)34-19)15-5-2-4-14(12-15)23(24,25)26/h2-12H,1H3. The molecule has 2 aromatic carbocycles. The predicted octanol–water partition coefficient (Wildman–Crippen LogP) is 5.93. The molecule has 0 radical (unpaired) electrons. The normalized spacial score (nSPS) is 15.2. The van der Waals surface area contributed by atoms with Crippen molar-refractivity contribution in [2.24, 2.45) is 0 Å². The lowest BCUT2D eigenvalue weighted by Gasteiger charge is -2.16. The van der Waals surface area contributed by atoms with Gasteiger partial charge in [-0.1, -0.05) is 36.1 Å². The molecule has 0 aliphatic carbocycles. The van der Waals surface area contributed by atoms with Crippen molar-refractivity contribution in [3.05, 3.63) is 82.7 Å². The Balaban J connectivity index is 1.58. The summed E-state index contributed by atoms with van der Waals surface area (Å²) in [4.78, 5) is 26.3. The monoisotopic (exact) mass is 505 g/mol. The van der Waals surface area contributed by atoms with E-state index < -0.39 is 23.6 Å². The van der Waals surface area contributed by atoms with E-state index in [2.05, 4.69) is 0 Å². The van der Waals surface area contributed by atoms with E-state index in [0.717, 1.165) is 28.8 Å². The average Bonchev–Trinajstić information content (AvgIpc) is 3.43. The summed E-state index contributed by atoms with van der Waals surface area (Å²) in [5.74, 6) is -0.886. The molecule has 1 saturated heterocycles. The van der Waals surface area contributed by atoms with Crippen molar-refractivity contribution in [3.8, 4) is 11.5 Å². The quantitative estimate of drug-likeness (QED) is 0.184. The fraction of sp³-hybridized carbons (Fsp3) is 0.0870. The number of esters is 1. The first-order chi connectivity index (χ1) is 16.2. The lowest BCUT2D eigenvalue weighted by molar-refractivity contribution is -0.137. The molecule has 1 amide bonds. The molecule has 0 N–H and O–H groups in total. The maximum Gasteiger partial charge on any atom is 0.416 e. The molecule has 1 aromatic heterocycles. The fourth-order valence-electron chi connectivity index (χ4n) is 3.07. The Morgan fingerprint density at radius 3 is 2.59 bits per heavy atom. The van der Waals surface area contributed by atoms with Crippen LogP contribution in [0, 0.1) is 0 Å². The van der Waals surface area contributed by atoms with Gasteiger partial charge in [-0.3, -0.25) is 9.69 Å². The summed E-state index contributed by atoms with van der Waals surface area (Å²) in [5.41, 5.74) is -0.329. The van der Waals surface area contributed by atoms with Gasteiger partial charge in [0.05, 0.1) is 29.5 Å². The second-order valence-electron chi connectivity index (χ2n) is 6.84. The molecule has 4 rings (SSSR count). The molecule has 11 heteroatoms. The molecule has 0 atom stereocenters. The second kappa shape index (κ2) is 9.35. The Labute approximate surface area is 200 Å². The van der Waals surface area contributed by atoms with Crippen LogP contribution in [0.4, 0.5) is 18.9 Å². The van der Waals surface area contributed by atoms with Crippen molar-refractivity contribution in [2.45, 2.75) is 6.18 Å². The van der Waals surface area contributed by atoms with Gasteiger partial charge < -0.3 is 13.9 Å². The molecular formula is C23H14F3NO5S2. The molecule has 3 aromatic rings. The maximum absolute atomic E-state index is 13.1. The molecule has 0 saturated carbocycles. The van der Waals surface area contributed by atoms with Crippen molar-refractivity contribution in [2.75, 3.05) is 12.0 Å². The van der Waals surface area contributed by atoms with Gasteiger partial charge in [0.25, 0.3) is 5.91 Å². The lowest BCUT2D eigenvalue weighted by atomic mass is 10.1. The molecule has 1 aliphatic heterocycles. The molecule has 1 fully saturated rings. The summed E-state index contributed by atoms with van der Waals surface area (Å²) in [5, 5.41) is 0. The molecule has 1 aliphatic rings. The van der Waals surface area contributed by atoms with Crippen LogP contribution in [0.1, 0.15) is 21.7 Å². The Morgan fingerprint density at radius 2 is 1.91 bits per heavy atom. The van der Waals surface area contributed by atoms with Gasteiger partial charge in [0.1, 0.15) is 0 Å². The molecule has 0 bridgehead atoms. The van der Waals surface area contributed by atoms with E-state index >= 15 is 0 Å². The minimum Gasteiger partial charge on any atom is -0.493 e. The van der Waals surface area contributed by atoms with Crippen LogP contribution in [0.15, 0.2) is 70.2 Å². The number of benzene rings is 2. The van der Waals surface area contributed by atoms with Crippen molar-refractivity contribution in [3.63, 3.8) is 0 Å². The van der Waals surface area contributed by atoms with Gasteiger partial charge in [-0.2, -0.15) is 13.2 Å². The van der Waals surface area contributed by atoms with Crippen molar-refractivity contribution in [1.29, 1.82) is 0 Å². The van der Waals surface area contributed by atoms with Crippen molar-refractivity contribution < 1.29 is 36.7 Å². The highest BCUT2D eigenvalue weighted by Gasteiger charge is 2.36. The Kier molecular flexibility index (Phi) is 6.49. The Bertz CT molecular complexity index is 1300. The zero-order valence-electron chi connectivity index (χ0n) is 17.3. The van der Waals surface area contributed by atoms with E-state index in [1.807, 2.05) is 0 Å². The largest absolute Gasteiger partial charge is 0.493 e. The number of halogens is 3. The van der Waals surface area contributed by atoms with Crippen LogP contribution in [0.3, 0.4) is 0 Å². The van der Waals surface area contributed by atoms with Crippen molar-refractivity contribution >= 4 is 51.9 Å². The Hall–Kier alpha value is -3.57. The number of thioether (sulfide) groups is 1. The number of methoxy groups -OCH3 is 1. The number of hydrogen-bond acceptors (Lipinski definition) is 7. The zero-order valence-corrected chi connectivity index (χ0v) is 18.9. The minimum atomic E-state index is -4.55. The first-order valence-electron chi connectivity index (χ1n) is 9.56. The first kappa shape index (κ1) is 23.6. The zero-order chi connectivity index (χ0) is 24.5. The fourth-order valence-corrected chi connectivity index (χ4v) is 4.37. The maximum atomic E-state index is 13.1. The van der Waals surface area contributed by atoms with E-state index in [1.165, 1.54) is 43.7 Å². The first-order valence-corrected chi connectivity index (χ1v) is 10.8. The molecule has 174 valence electrons. The molecule has 0 unspecified atom stereocenters. The molecule has 34 heavy (non-hydrogen) atoms. The minimum absolute atomic E-state index is 0.0180. The van der Waals surface area contributed by atoms with Crippen LogP contribution in [0.25, 0.3) is 6.08 Å². The number of anilines is 1. The third-order valence-corrected chi connectivity index (χ3v) is 5.94. The van der Waals surface area contributed by atoms with E-state index in [1.54, 1.807) is 18.2 Å². The highest BCUT2D eigenvalue weighted by atomic mass is 32.2. The topological polar surface area (TPSA) is 69.0 Å². The van der Waals surface area contributed by atoms with Gasteiger partial charge in [-0.15, -0.1) is 0 Å². The number of furan rings is 1. The van der Waals surface area contributed by atoms with Gasteiger partial charge >= 0.3 is 12.1 Å². The van der Waals surface area contributed by atoms with E-state index in [-0.39, 0.29) is 32.2 Å². The third kappa shape index (κ3) is 4.85. The van der Waals surface area contributed by atoms with E-state index in [0.29, 0.717) is 5.56 Å². The van der Waals surface area contributed by atoms with Crippen LogP contribution in [-0.4, -0.2) is 23.3 Å². The number of carbonyl (C=O) groups is 2. The number of hydrogen-bond donors (Lipinski definition) is 0. The summed E-state index contributed by atoms with van der Waals surface area (Å²) in [6.45, 7) is 0. The van der Waals surface area contributed by atoms with Crippen LogP contribution < -0.4 is 14.4 Å². The van der Waals surface area contributed by atoms with Crippen LogP contribution in [-0.2, 0) is 11.0 Å². The Morgan fingerprint density at radius 1 is 1.12 bits per heavy atom. The molecule has 2 heterocycles. The number of amides is 1. The van der Waals surface area contributed by atoms with E-state index in [4.69, 9.17) is 26.1 Å². The number of alkyl halides is 3. The summed E-state index contributed by atoms with van der Waals surface area (Å²) >= 11 is 6.20. The SMILES string of the molecule is COc1cc(C=C2SC(=S)N(c3cccc(C(F)(F)F)c3)C2=O)ccc1OC(=O)c1ccco1. The third-order valence-electron chi connectivity index (χ3n) is 4.64. The van der Waals surface area contributed by atoms with Crippen LogP contribution in [0.5, 0.6) is 11.5 Å². The number of ether oxygens (including phenoxy) is 2. The van der Waals surface area contributed by atoms with Crippen molar-refractivity contribution in [1.82, 2.24) is 0 Å². The van der Waals surface area contributed by atoms with Crippen LogP contribution >= 0.6 is 24.0 Å². The number of rotatable bonds is 5. The summed E-state index contributed by atoms with van der Waals surface area (Å²) in [7, 11) is 1.39. The predicted molar refractivity (Wildman–Crippen MR) is 124 cm³/mol. The van der Waals surface area contributed by atoms with Gasteiger partial charge in [0, 0.05) is 0 Å². The highest BCUT2D eigenvalue weighted by molar-refractivity contribution is 8.27. The summed E-state index contributed by atoms with van der Waals surface area (Å²) in [6, 6.07) is 12.0. The molecule has 6 nitrogen and oxygen atoms in total. The second-order valence-corrected chi connectivity index (χ2v) is 8.52. The summed E-state index contributed by atoms with van der Waals surface area (Å²) in [6.07, 6.45) is -1.69. The number of carbonyl (C=O) groups excluding carboxylic acids is 2. The smallest absolute Gasteiger partial charge is 0.416 e. The molecular weight excluding hydrogens is 491 g/mol. The summed E-state index contributed by atoms with van der Waals surface area (Å²) < 4.78 is 54.9. The number of thiocarbonyl (C=S) groups is 1. The molecule has 0 spiro atoms. The number of nitrogens with zero attached hydrogens (tertiary/aromatic N) is 1. The average molecular weight is 505 g/mol. The van der Waals surface area contributed by atoms with Gasteiger partial charge in [-0.05, 0) is 54.1 Å².